The van der Waals surface area contributed by atoms with Gasteiger partial charge in [0.25, 0.3) is 0 Å². The van der Waals surface area contributed by atoms with Crippen molar-refractivity contribution in [2.75, 3.05) is 26.2 Å². The molecule has 1 aromatic heterocycles. The molecule has 1 atom stereocenters. The Hall–Kier alpha value is -1.07. The molecule has 0 aliphatic carbocycles. The van der Waals surface area contributed by atoms with Crippen LogP contribution in [-0.4, -0.2) is 42.1 Å². The predicted octanol–water partition coefficient (Wildman–Crippen LogP) is 1.64. The molecule has 1 aliphatic rings. The number of rotatable bonds is 3. The highest BCUT2D eigenvalue weighted by Gasteiger charge is 2.23. The first-order valence-corrected chi connectivity index (χ1v) is 6.51. The number of carbonyl (C=O) groups is 1. The van der Waals surface area contributed by atoms with Gasteiger partial charge in [-0.1, -0.05) is 12.1 Å². The van der Waals surface area contributed by atoms with Crippen molar-refractivity contribution >= 4 is 18.3 Å². The van der Waals surface area contributed by atoms with Crippen LogP contribution in [0.25, 0.3) is 0 Å². The van der Waals surface area contributed by atoms with E-state index in [1.165, 1.54) is 0 Å². The standard InChI is InChI=1S/C13H21N3O2.ClH/c1-9(13-10(2)15-18-11(13)3)8-12(17)16-6-4-14-5-7-16;/h9,14H,4-8H2,1-3H3;1H. The quantitative estimate of drug-likeness (QED) is 0.918. The molecular weight excluding hydrogens is 266 g/mol. The highest BCUT2D eigenvalue weighted by Crippen LogP contribution is 2.26. The molecule has 0 bridgehead atoms. The van der Waals surface area contributed by atoms with E-state index in [-0.39, 0.29) is 24.2 Å². The Labute approximate surface area is 120 Å². The SMILES string of the molecule is Cc1noc(C)c1C(C)CC(=O)N1CCNCC1.Cl. The summed E-state index contributed by atoms with van der Waals surface area (Å²) in [6.45, 7) is 9.31. The summed E-state index contributed by atoms with van der Waals surface area (Å²) < 4.78 is 5.16. The van der Waals surface area contributed by atoms with Gasteiger partial charge in [-0.15, -0.1) is 12.4 Å². The summed E-state index contributed by atoms with van der Waals surface area (Å²) >= 11 is 0. The summed E-state index contributed by atoms with van der Waals surface area (Å²) in [4.78, 5) is 14.1. The maximum atomic E-state index is 12.2. The maximum Gasteiger partial charge on any atom is 0.223 e. The van der Waals surface area contributed by atoms with Gasteiger partial charge in [0.15, 0.2) is 0 Å². The second-order valence-electron chi connectivity index (χ2n) is 4.97. The summed E-state index contributed by atoms with van der Waals surface area (Å²) in [6, 6.07) is 0. The van der Waals surface area contributed by atoms with Gasteiger partial charge in [-0.2, -0.15) is 0 Å². The molecule has 1 saturated heterocycles. The minimum absolute atomic E-state index is 0. The minimum atomic E-state index is 0. The van der Waals surface area contributed by atoms with Crippen LogP contribution in [0.2, 0.25) is 0 Å². The van der Waals surface area contributed by atoms with Crippen molar-refractivity contribution < 1.29 is 9.32 Å². The normalized spacial score (nSPS) is 16.9. The highest BCUT2D eigenvalue weighted by atomic mass is 35.5. The Kier molecular flexibility index (Phi) is 5.82. The second kappa shape index (κ2) is 6.91. The van der Waals surface area contributed by atoms with Crippen molar-refractivity contribution in [1.82, 2.24) is 15.4 Å². The van der Waals surface area contributed by atoms with Gasteiger partial charge < -0.3 is 14.7 Å². The summed E-state index contributed by atoms with van der Waals surface area (Å²) in [7, 11) is 0. The average Bonchev–Trinajstić information content (AvgIpc) is 2.70. The Morgan fingerprint density at radius 1 is 1.42 bits per heavy atom. The minimum Gasteiger partial charge on any atom is -0.361 e. The van der Waals surface area contributed by atoms with Crippen LogP contribution < -0.4 is 5.32 Å². The molecule has 1 aliphatic heterocycles. The monoisotopic (exact) mass is 287 g/mol. The molecule has 5 nitrogen and oxygen atoms in total. The van der Waals surface area contributed by atoms with E-state index in [9.17, 15) is 4.79 Å². The molecule has 108 valence electrons. The van der Waals surface area contributed by atoms with Crippen molar-refractivity contribution in [1.29, 1.82) is 0 Å². The zero-order chi connectivity index (χ0) is 13.1. The number of nitrogens with zero attached hydrogens (tertiary/aromatic N) is 2. The lowest BCUT2D eigenvalue weighted by Crippen LogP contribution is -2.46. The third-order valence-corrected chi connectivity index (χ3v) is 3.53. The summed E-state index contributed by atoms with van der Waals surface area (Å²) in [5.41, 5.74) is 1.98. The molecule has 19 heavy (non-hydrogen) atoms. The smallest absolute Gasteiger partial charge is 0.223 e. The fourth-order valence-corrected chi connectivity index (χ4v) is 2.60. The van der Waals surface area contributed by atoms with E-state index in [0.717, 1.165) is 43.2 Å². The molecule has 1 amide bonds. The number of carbonyl (C=O) groups excluding carboxylic acids is 1. The van der Waals surface area contributed by atoms with E-state index in [1.807, 2.05) is 18.7 Å². The average molecular weight is 288 g/mol. The number of hydrogen-bond acceptors (Lipinski definition) is 4. The first kappa shape index (κ1) is 16.0. The Morgan fingerprint density at radius 3 is 2.58 bits per heavy atom. The third-order valence-electron chi connectivity index (χ3n) is 3.53. The van der Waals surface area contributed by atoms with E-state index < -0.39 is 0 Å². The van der Waals surface area contributed by atoms with E-state index >= 15 is 0 Å². The van der Waals surface area contributed by atoms with Crippen molar-refractivity contribution in [2.45, 2.75) is 33.1 Å². The van der Waals surface area contributed by atoms with Crippen molar-refractivity contribution in [3.8, 4) is 0 Å². The van der Waals surface area contributed by atoms with E-state index in [0.29, 0.717) is 6.42 Å². The molecule has 0 saturated carbocycles. The van der Waals surface area contributed by atoms with E-state index in [1.54, 1.807) is 0 Å². The topological polar surface area (TPSA) is 58.4 Å². The van der Waals surface area contributed by atoms with E-state index in [4.69, 9.17) is 4.52 Å². The Bertz CT molecular complexity index is 408. The molecular formula is C13H22ClN3O2. The Morgan fingerprint density at radius 2 is 2.05 bits per heavy atom. The van der Waals surface area contributed by atoms with E-state index in [2.05, 4.69) is 17.4 Å². The fourth-order valence-electron chi connectivity index (χ4n) is 2.60. The molecule has 1 unspecified atom stereocenters. The number of hydrogen-bond donors (Lipinski definition) is 1. The van der Waals surface area contributed by atoms with Gasteiger partial charge in [0.2, 0.25) is 5.91 Å². The molecule has 0 aromatic carbocycles. The third kappa shape index (κ3) is 3.70. The first-order valence-electron chi connectivity index (χ1n) is 6.51. The van der Waals surface area contributed by atoms with Crippen LogP contribution in [0.3, 0.4) is 0 Å². The van der Waals surface area contributed by atoms with Gasteiger partial charge >= 0.3 is 0 Å². The van der Waals surface area contributed by atoms with Crippen molar-refractivity contribution in [2.24, 2.45) is 0 Å². The van der Waals surface area contributed by atoms with Crippen LogP contribution in [0.5, 0.6) is 0 Å². The van der Waals surface area contributed by atoms with Crippen LogP contribution in [-0.2, 0) is 4.79 Å². The number of nitrogens with one attached hydrogen (secondary N) is 1. The molecule has 2 heterocycles. The lowest BCUT2D eigenvalue weighted by atomic mass is 9.95. The molecule has 1 N–H and O–H groups in total. The number of aromatic nitrogens is 1. The van der Waals surface area contributed by atoms with Gasteiger partial charge in [-0.05, 0) is 19.8 Å². The van der Waals surface area contributed by atoms with Gasteiger partial charge in [-0.3, -0.25) is 4.79 Å². The molecule has 0 radical (unpaired) electrons. The van der Waals surface area contributed by atoms with Crippen LogP contribution in [0.1, 0.15) is 36.3 Å². The van der Waals surface area contributed by atoms with Crippen molar-refractivity contribution in [3.05, 3.63) is 17.0 Å². The van der Waals surface area contributed by atoms with Gasteiger partial charge in [0.05, 0.1) is 5.69 Å². The first-order chi connectivity index (χ1) is 8.59. The Balaban J connectivity index is 0.00000180. The fraction of sp³-hybridized carbons (Fsp3) is 0.692. The van der Waals surface area contributed by atoms with Crippen LogP contribution in [0, 0.1) is 13.8 Å². The van der Waals surface area contributed by atoms with Crippen molar-refractivity contribution in [3.63, 3.8) is 0 Å². The molecule has 2 rings (SSSR count). The predicted molar refractivity (Wildman–Crippen MR) is 75.7 cm³/mol. The van der Waals surface area contributed by atoms with Gasteiger partial charge in [0, 0.05) is 38.2 Å². The number of amides is 1. The van der Waals surface area contributed by atoms with Crippen LogP contribution in [0.4, 0.5) is 0 Å². The number of halogens is 1. The molecule has 6 heteroatoms. The summed E-state index contributed by atoms with van der Waals surface area (Å²) in [6.07, 6.45) is 0.531. The highest BCUT2D eigenvalue weighted by molar-refractivity contribution is 5.85. The zero-order valence-corrected chi connectivity index (χ0v) is 12.5. The number of aryl methyl sites for hydroxylation is 2. The lowest BCUT2D eigenvalue weighted by Gasteiger charge is -2.28. The lowest BCUT2D eigenvalue weighted by molar-refractivity contribution is -0.132. The second-order valence-corrected chi connectivity index (χ2v) is 4.97. The summed E-state index contributed by atoms with van der Waals surface area (Å²) in [5.74, 6) is 1.22. The largest absolute Gasteiger partial charge is 0.361 e. The number of piperazine rings is 1. The van der Waals surface area contributed by atoms with Gasteiger partial charge in [0.1, 0.15) is 5.76 Å². The molecule has 0 spiro atoms. The van der Waals surface area contributed by atoms with Gasteiger partial charge in [-0.25, -0.2) is 0 Å². The maximum absolute atomic E-state index is 12.2. The van der Waals surface area contributed by atoms with Crippen LogP contribution in [0.15, 0.2) is 4.52 Å². The molecule has 1 aromatic rings. The molecule has 1 fully saturated rings. The van der Waals surface area contributed by atoms with Crippen LogP contribution >= 0.6 is 12.4 Å². The zero-order valence-electron chi connectivity index (χ0n) is 11.7. The summed E-state index contributed by atoms with van der Waals surface area (Å²) in [5, 5.41) is 7.20.